The Hall–Kier alpha value is -1.32. The Bertz CT molecular complexity index is 542. The minimum Gasteiger partial charge on any atom is -0.394 e. The fourth-order valence-electron chi connectivity index (χ4n) is 2.70. The third-order valence-electron chi connectivity index (χ3n) is 4.29. The van der Waals surface area contributed by atoms with Crippen molar-refractivity contribution in [2.75, 3.05) is 6.61 Å². The second-order valence-corrected chi connectivity index (χ2v) is 5.44. The Balaban J connectivity index is 1.92. The van der Waals surface area contributed by atoms with Crippen molar-refractivity contribution in [3.05, 3.63) is 35.5 Å². The molecule has 3 rings (SSSR count). The molecular formula is C15H20N2O. The monoisotopic (exact) mass is 244 g/mol. The molecule has 2 N–H and O–H groups in total. The normalized spacial score (nSPS) is 17.3. The van der Waals surface area contributed by atoms with Gasteiger partial charge >= 0.3 is 0 Å². The van der Waals surface area contributed by atoms with Crippen molar-refractivity contribution in [2.24, 2.45) is 7.05 Å². The zero-order valence-corrected chi connectivity index (χ0v) is 11.0. The van der Waals surface area contributed by atoms with Gasteiger partial charge in [-0.3, -0.25) is 0 Å². The molecule has 1 aliphatic rings. The summed E-state index contributed by atoms with van der Waals surface area (Å²) in [6, 6.07) is 8.50. The van der Waals surface area contributed by atoms with E-state index in [9.17, 15) is 5.11 Å². The molecule has 1 fully saturated rings. The van der Waals surface area contributed by atoms with E-state index in [-0.39, 0.29) is 12.1 Å². The van der Waals surface area contributed by atoms with E-state index in [2.05, 4.69) is 48.1 Å². The molecule has 1 heterocycles. The highest BCUT2D eigenvalue weighted by molar-refractivity contribution is 5.85. The summed E-state index contributed by atoms with van der Waals surface area (Å²) in [7, 11) is 2.12. The summed E-state index contributed by atoms with van der Waals surface area (Å²) in [6.45, 7) is 3.26. The number of aryl methyl sites for hydroxylation is 2. The van der Waals surface area contributed by atoms with Gasteiger partial charge in [0.25, 0.3) is 0 Å². The number of fused-ring (bicyclic) bond motifs is 1. The van der Waals surface area contributed by atoms with E-state index in [4.69, 9.17) is 0 Å². The molecule has 1 aromatic heterocycles. The molecule has 0 amide bonds. The SMILES string of the molecule is Cc1c(CNC2(CO)CC2)n(C)c2ccccc12. The first-order chi connectivity index (χ1) is 8.67. The molecule has 0 aliphatic heterocycles. The third-order valence-corrected chi connectivity index (χ3v) is 4.29. The second-order valence-electron chi connectivity index (χ2n) is 5.44. The van der Waals surface area contributed by atoms with Gasteiger partial charge in [-0.1, -0.05) is 18.2 Å². The number of rotatable bonds is 4. The fraction of sp³-hybridized carbons (Fsp3) is 0.467. The standard InChI is InChI=1S/C15H20N2O/c1-11-12-5-3-4-6-13(12)17(2)14(11)9-16-15(10-18)7-8-15/h3-6,16,18H,7-10H2,1-2H3. The highest BCUT2D eigenvalue weighted by atomic mass is 16.3. The lowest BCUT2D eigenvalue weighted by Crippen LogP contribution is -2.34. The second kappa shape index (κ2) is 4.11. The van der Waals surface area contributed by atoms with Crippen LogP contribution >= 0.6 is 0 Å². The lowest BCUT2D eigenvalue weighted by molar-refractivity contribution is 0.229. The summed E-state index contributed by atoms with van der Waals surface area (Å²) in [4.78, 5) is 0. The van der Waals surface area contributed by atoms with Crippen LogP contribution in [0.15, 0.2) is 24.3 Å². The maximum Gasteiger partial charge on any atom is 0.0613 e. The summed E-state index contributed by atoms with van der Waals surface area (Å²) >= 11 is 0. The predicted molar refractivity (Wildman–Crippen MR) is 73.5 cm³/mol. The van der Waals surface area contributed by atoms with Gasteiger partial charge in [0.05, 0.1) is 6.61 Å². The van der Waals surface area contributed by atoms with Crippen LogP contribution in [0.2, 0.25) is 0 Å². The van der Waals surface area contributed by atoms with Crippen molar-refractivity contribution in [3.63, 3.8) is 0 Å². The summed E-state index contributed by atoms with van der Waals surface area (Å²) in [5, 5.41) is 14.2. The molecule has 0 unspecified atom stereocenters. The molecule has 0 atom stereocenters. The van der Waals surface area contributed by atoms with Gasteiger partial charge in [0.15, 0.2) is 0 Å². The van der Waals surface area contributed by atoms with Crippen molar-refractivity contribution >= 4 is 10.9 Å². The van der Waals surface area contributed by atoms with E-state index in [1.54, 1.807) is 0 Å². The first-order valence-electron chi connectivity index (χ1n) is 6.56. The van der Waals surface area contributed by atoms with Crippen molar-refractivity contribution in [3.8, 4) is 0 Å². The Morgan fingerprint density at radius 1 is 1.33 bits per heavy atom. The average molecular weight is 244 g/mol. The molecule has 2 aromatic rings. The zero-order valence-electron chi connectivity index (χ0n) is 11.0. The molecule has 0 radical (unpaired) electrons. The summed E-state index contributed by atoms with van der Waals surface area (Å²) < 4.78 is 2.26. The number of nitrogens with one attached hydrogen (secondary N) is 1. The molecule has 18 heavy (non-hydrogen) atoms. The predicted octanol–water partition coefficient (Wildman–Crippen LogP) is 2.10. The Morgan fingerprint density at radius 2 is 2.06 bits per heavy atom. The largest absolute Gasteiger partial charge is 0.394 e. The van der Waals surface area contributed by atoms with Crippen LogP contribution in [0, 0.1) is 6.92 Å². The van der Waals surface area contributed by atoms with Crippen molar-refractivity contribution in [2.45, 2.75) is 31.8 Å². The van der Waals surface area contributed by atoms with Crippen LogP contribution in [0.3, 0.4) is 0 Å². The van der Waals surface area contributed by atoms with Gasteiger partial charge < -0.3 is 15.0 Å². The smallest absolute Gasteiger partial charge is 0.0613 e. The maximum absolute atomic E-state index is 9.34. The molecule has 3 nitrogen and oxygen atoms in total. The topological polar surface area (TPSA) is 37.2 Å². The minimum absolute atomic E-state index is 0.00287. The first kappa shape index (κ1) is 11.8. The summed E-state index contributed by atoms with van der Waals surface area (Å²) in [5.41, 5.74) is 3.94. The molecule has 1 saturated carbocycles. The van der Waals surface area contributed by atoms with E-state index in [0.29, 0.717) is 0 Å². The third kappa shape index (κ3) is 1.74. The molecule has 1 aliphatic carbocycles. The number of benzene rings is 1. The van der Waals surface area contributed by atoms with Crippen molar-refractivity contribution < 1.29 is 5.11 Å². The van der Waals surface area contributed by atoms with Crippen LogP contribution in [0.1, 0.15) is 24.1 Å². The number of hydrogen-bond acceptors (Lipinski definition) is 2. The maximum atomic E-state index is 9.34. The van der Waals surface area contributed by atoms with Gasteiger partial charge in [0.1, 0.15) is 0 Å². The van der Waals surface area contributed by atoms with Crippen LogP contribution in [0.4, 0.5) is 0 Å². The number of hydrogen-bond donors (Lipinski definition) is 2. The quantitative estimate of drug-likeness (QED) is 0.864. The van der Waals surface area contributed by atoms with Gasteiger partial charge in [0.2, 0.25) is 0 Å². The van der Waals surface area contributed by atoms with E-state index < -0.39 is 0 Å². The molecule has 0 spiro atoms. The Kier molecular flexibility index (Phi) is 2.68. The molecule has 0 saturated heterocycles. The van der Waals surface area contributed by atoms with Crippen LogP contribution in [-0.2, 0) is 13.6 Å². The molecule has 0 bridgehead atoms. The molecule has 3 heteroatoms. The number of nitrogens with zero attached hydrogens (tertiary/aromatic N) is 1. The van der Waals surface area contributed by atoms with Crippen molar-refractivity contribution in [1.82, 2.24) is 9.88 Å². The van der Waals surface area contributed by atoms with Crippen LogP contribution in [0.25, 0.3) is 10.9 Å². The van der Waals surface area contributed by atoms with Crippen molar-refractivity contribution in [1.29, 1.82) is 0 Å². The average Bonchev–Trinajstić information content (AvgIpc) is 3.14. The lowest BCUT2D eigenvalue weighted by Gasteiger charge is -2.15. The molecule has 1 aromatic carbocycles. The van der Waals surface area contributed by atoms with Gasteiger partial charge in [-0.25, -0.2) is 0 Å². The fourth-order valence-corrected chi connectivity index (χ4v) is 2.70. The van der Waals surface area contributed by atoms with Gasteiger partial charge in [-0.2, -0.15) is 0 Å². The summed E-state index contributed by atoms with van der Waals surface area (Å²) in [6.07, 6.45) is 2.18. The van der Waals surface area contributed by atoms with Crippen LogP contribution in [0.5, 0.6) is 0 Å². The first-order valence-corrected chi connectivity index (χ1v) is 6.56. The minimum atomic E-state index is 0.00287. The molecular weight excluding hydrogens is 224 g/mol. The van der Waals surface area contributed by atoms with E-state index >= 15 is 0 Å². The number of aromatic nitrogens is 1. The van der Waals surface area contributed by atoms with Gasteiger partial charge in [0, 0.05) is 35.7 Å². The van der Waals surface area contributed by atoms with Gasteiger partial charge in [-0.05, 0) is 31.4 Å². The lowest BCUT2D eigenvalue weighted by atomic mass is 10.1. The van der Waals surface area contributed by atoms with Crippen LogP contribution < -0.4 is 5.32 Å². The van der Waals surface area contributed by atoms with E-state index in [1.807, 2.05) is 0 Å². The number of aliphatic hydroxyl groups excluding tert-OH is 1. The number of aliphatic hydroxyl groups is 1. The summed E-state index contributed by atoms with van der Waals surface area (Å²) in [5.74, 6) is 0. The van der Waals surface area contributed by atoms with E-state index in [0.717, 1.165) is 19.4 Å². The highest BCUT2D eigenvalue weighted by Gasteiger charge is 2.41. The number of para-hydroxylation sites is 1. The molecule has 96 valence electrons. The Morgan fingerprint density at radius 3 is 2.67 bits per heavy atom. The van der Waals surface area contributed by atoms with Crippen LogP contribution in [-0.4, -0.2) is 21.8 Å². The van der Waals surface area contributed by atoms with Gasteiger partial charge in [-0.15, -0.1) is 0 Å². The Labute approximate surface area is 107 Å². The zero-order chi connectivity index (χ0) is 12.8. The highest BCUT2D eigenvalue weighted by Crippen LogP contribution is 2.35. The van der Waals surface area contributed by atoms with E-state index in [1.165, 1.54) is 22.2 Å².